The van der Waals surface area contributed by atoms with Gasteiger partial charge in [-0.15, -0.1) is 0 Å². The van der Waals surface area contributed by atoms with E-state index in [1.165, 1.54) is 14.0 Å². The Morgan fingerprint density at radius 3 is 2.00 bits per heavy atom. The van der Waals surface area contributed by atoms with E-state index in [0.717, 1.165) is 19.4 Å². The van der Waals surface area contributed by atoms with E-state index in [4.69, 9.17) is 14.6 Å². The van der Waals surface area contributed by atoms with E-state index >= 15 is 0 Å². The van der Waals surface area contributed by atoms with Crippen molar-refractivity contribution in [3.8, 4) is 0 Å². The quantitative estimate of drug-likeness (QED) is 0.503. The fourth-order valence-corrected chi connectivity index (χ4v) is 0.633. The lowest BCUT2D eigenvalue weighted by Gasteiger charge is -2.02. The van der Waals surface area contributed by atoms with Crippen molar-refractivity contribution in [2.75, 3.05) is 40.1 Å². The van der Waals surface area contributed by atoms with Crippen LogP contribution in [0.3, 0.4) is 0 Å². The standard InChI is InChI=1S/C8H18O3.C3H6O2/c1-2-3-5-10-7-8-11-6-4-9;1-3(4)5-2/h9H,2-8H2,1H3;1-2H3. The van der Waals surface area contributed by atoms with E-state index in [1.807, 2.05) is 0 Å². The predicted molar refractivity (Wildman–Crippen MR) is 61.3 cm³/mol. The van der Waals surface area contributed by atoms with Gasteiger partial charge < -0.3 is 19.3 Å². The molecule has 0 aliphatic heterocycles. The molecule has 0 aromatic heterocycles. The van der Waals surface area contributed by atoms with Crippen LogP contribution in [-0.2, 0) is 19.0 Å². The van der Waals surface area contributed by atoms with E-state index < -0.39 is 0 Å². The minimum atomic E-state index is -0.245. The van der Waals surface area contributed by atoms with Gasteiger partial charge in [-0.1, -0.05) is 13.3 Å². The molecular formula is C11H24O5. The first-order chi connectivity index (χ1) is 7.68. The van der Waals surface area contributed by atoms with Gasteiger partial charge in [-0.05, 0) is 6.42 Å². The van der Waals surface area contributed by atoms with Crippen molar-refractivity contribution in [2.45, 2.75) is 26.7 Å². The molecule has 0 saturated carbocycles. The first-order valence-corrected chi connectivity index (χ1v) is 5.49. The van der Waals surface area contributed by atoms with Gasteiger partial charge in [0.25, 0.3) is 0 Å². The molecule has 16 heavy (non-hydrogen) atoms. The van der Waals surface area contributed by atoms with Crippen molar-refractivity contribution in [2.24, 2.45) is 0 Å². The third kappa shape index (κ3) is 23.3. The predicted octanol–water partition coefficient (Wildman–Crippen LogP) is 0.991. The summed E-state index contributed by atoms with van der Waals surface area (Å²) in [6.07, 6.45) is 2.28. The molecule has 0 saturated heterocycles. The lowest BCUT2D eigenvalue weighted by atomic mass is 10.4. The van der Waals surface area contributed by atoms with Gasteiger partial charge in [-0.3, -0.25) is 4.79 Å². The first kappa shape index (κ1) is 17.7. The molecule has 0 aromatic carbocycles. The highest BCUT2D eigenvalue weighted by Crippen LogP contribution is 1.87. The molecule has 0 bridgehead atoms. The van der Waals surface area contributed by atoms with Crippen LogP contribution in [-0.4, -0.2) is 51.2 Å². The van der Waals surface area contributed by atoms with Crippen LogP contribution in [0, 0.1) is 0 Å². The molecule has 0 fully saturated rings. The maximum Gasteiger partial charge on any atom is 0.302 e. The van der Waals surface area contributed by atoms with Crippen molar-refractivity contribution >= 4 is 5.97 Å². The Bertz CT molecular complexity index is 130. The number of rotatable bonds is 8. The van der Waals surface area contributed by atoms with Crippen molar-refractivity contribution in [1.82, 2.24) is 0 Å². The largest absolute Gasteiger partial charge is 0.469 e. The van der Waals surface area contributed by atoms with Crippen LogP contribution in [0.5, 0.6) is 0 Å². The number of aliphatic hydroxyl groups is 1. The molecule has 0 unspecified atom stereocenters. The number of ether oxygens (including phenoxy) is 3. The third-order valence-electron chi connectivity index (χ3n) is 1.54. The Balaban J connectivity index is 0. The van der Waals surface area contributed by atoms with E-state index in [-0.39, 0.29) is 12.6 Å². The van der Waals surface area contributed by atoms with Gasteiger partial charge in [0.05, 0.1) is 33.5 Å². The van der Waals surface area contributed by atoms with Gasteiger partial charge in [0, 0.05) is 13.5 Å². The summed E-state index contributed by atoms with van der Waals surface area (Å²) in [5.74, 6) is -0.245. The lowest BCUT2D eigenvalue weighted by Crippen LogP contribution is -2.07. The van der Waals surface area contributed by atoms with Crippen LogP contribution in [0.15, 0.2) is 0 Å². The molecule has 0 aliphatic carbocycles. The van der Waals surface area contributed by atoms with Crippen molar-refractivity contribution in [1.29, 1.82) is 0 Å². The highest BCUT2D eigenvalue weighted by molar-refractivity contribution is 5.65. The Hall–Kier alpha value is -0.650. The van der Waals surface area contributed by atoms with Gasteiger partial charge in [-0.2, -0.15) is 0 Å². The van der Waals surface area contributed by atoms with E-state index in [0.29, 0.717) is 19.8 Å². The van der Waals surface area contributed by atoms with Crippen LogP contribution in [0.25, 0.3) is 0 Å². The summed E-state index contributed by atoms with van der Waals surface area (Å²) in [6.45, 7) is 6.04. The van der Waals surface area contributed by atoms with E-state index in [9.17, 15) is 4.79 Å². The highest BCUT2D eigenvalue weighted by atomic mass is 16.5. The number of methoxy groups -OCH3 is 1. The number of esters is 1. The van der Waals surface area contributed by atoms with Gasteiger partial charge in [0.2, 0.25) is 0 Å². The molecule has 1 N–H and O–H groups in total. The minimum absolute atomic E-state index is 0.0922. The summed E-state index contributed by atoms with van der Waals surface area (Å²) in [5.41, 5.74) is 0. The molecule has 5 nitrogen and oxygen atoms in total. The van der Waals surface area contributed by atoms with Crippen molar-refractivity contribution in [3.63, 3.8) is 0 Å². The normalized spacial score (nSPS) is 9.25. The van der Waals surface area contributed by atoms with Gasteiger partial charge >= 0.3 is 5.97 Å². The molecule has 0 amide bonds. The maximum atomic E-state index is 9.59. The number of aliphatic hydroxyl groups excluding tert-OH is 1. The average molecular weight is 236 g/mol. The second-order valence-electron chi connectivity index (χ2n) is 3.00. The second-order valence-corrected chi connectivity index (χ2v) is 3.00. The van der Waals surface area contributed by atoms with Crippen LogP contribution in [0.4, 0.5) is 0 Å². The molecule has 0 atom stereocenters. The van der Waals surface area contributed by atoms with Crippen molar-refractivity contribution in [3.05, 3.63) is 0 Å². The number of carbonyl (C=O) groups excluding carboxylic acids is 1. The second kappa shape index (κ2) is 16.8. The molecule has 98 valence electrons. The summed E-state index contributed by atoms with van der Waals surface area (Å²) < 4.78 is 14.3. The summed E-state index contributed by atoms with van der Waals surface area (Å²) >= 11 is 0. The number of carbonyl (C=O) groups is 1. The first-order valence-electron chi connectivity index (χ1n) is 5.49. The van der Waals surface area contributed by atoms with Crippen LogP contribution in [0.2, 0.25) is 0 Å². The van der Waals surface area contributed by atoms with Crippen LogP contribution < -0.4 is 0 Å². The Labute approximate surface area is 97.7 Å². The number of unbranched alkanes of at least 4 members (excludes halogenated alkanes) is 1. The zero-order valence-corrected chi connectivity index (χ0v) is 10.5. The molecule has 0 aromatic rings. The van der Waals surface area contributed by atoms with Gasteiger partial charge in [0.15, 0.2) is 0 Å². The fourth-order valence-electron chi connectivity index (χ4n) is 0.633. The zero-order valence-electron chi connectivity index (χ0n) is 10.5. The van der Waals surface area contributed by atoms with Crippen molar-refractivity contribution < 1.29 is 24.1 Å². The molecule has 0 aliphatic rings. The average Bonchev–Trinajstić information content (AvgIpc) is 2.29. The lowest BCUT2D eigenvalue weighted by molar-refractivity contribution is -0.137. The maximum absolute atomic E-state index is 9.59. The number of hydrogen-bond donors (Lipinski definition) is 1. The minimum Gasteiger partial charge on any atom is -0.469 e. The smallest absolute Gasteiger partial charge is 0.302 e. The summed E-state index contributed by atoms with van der Waals surface area (Å²) in [7, 11) is 1.35. The third-order valence-corrected chi connectivity index (χ3v) is 1.54. The Morgan fingerprint density at radius 1 is 1.12 bits per heavy atom. The number of hydrogen-bond acceptors (Lipinski definition) is 5. The monoisotopic (exact) mass is 236 g/mol. The van der Waals surface area contributed by atoms with E-state index in [2.05, 4.69) is 11.7 Å². The van der Waals surface area contributed by atoms with Crippen LogP contribution >= 0.6 is 0 Å². The Morgan fingerprint density at radius 2 is 1.62 bits per heavy atom. The topological polar surface area (TPSA) is 65.0 Å². The van der Waals surface area contributed by atoms with Gasteiger partial charge in [0.1, 0.15) is 0 Å². The van der Waals surface area contributed by atoms with E-state index in [1.54, 1.807) is 0 Å². The van der Waals surface area contributed by atoms with Crippen LogP contribution in [0.1, 0.15) is 26.7 Å². The van der Waals surface area contributed by atoms with Gasteiger partial charge in [-0.25, -0.2) is 0 Å². The molecule has 0 radical (unpaired) electrons. The molecule has 0 spiro atoms. The molecule has 5 heteroatoms. The summed E-state index contributed by atoms with van der Waals surface area (Å²) in [5, 5.41) is 8.34. The zero-order chi connectivity index (χ0) is 12.6. The SMILES string of the molecule is CCCCOCCOCCO.COC(C)=O. The molecule has 0 rings (SSSR count). The Kier molecular flexibility index (Phi) is 18.6. The fraction of sp³-hybridized carbons (Fsp3) is 0.909. The molecular weight excluding hydrogens is 212 g/mol. The summed E-state index contributed by atoms with van der Waals surface area (Å²) in [4.78, 5) is 9.59. The molecule has 0 heterocycles. The highest BCUT2D eigenvalue weighted by Gasteiger charge is 1.87. The summed E-state index contributed by atoms with van der Waals surface area (Å²) in [6, 6.07) is 0.